The minimum absolute atomic E-state index is 0.138. The van der Waals surface area contributed by atoms with Gasteiger partial charge in [-0.1, -0.05) is 111 Å². The monoisotopic (exact) mass is 767 g/mol. The van der Waals surface area contributed by atoms with Crippen LogP contribution in [0.5, 0.6) is 11.5 Å². The molecule has 0 unspecified atom stereocenters. The number of para-hydroxylation sites is 1. The molecule has 0 amide bonds. The van der Waals surface area contributed by atoms with E-state index < -0.39 is 0 Å². The van der Waals surface area contributed by atoms with Gasteiger partial charge in [-0.25, -0.2) is 0 Å². The Bertz CT molecular complexity index is 3430. The third-order valence-corrected chi connectivity index (χ3v) is 12.8. The summed E-state index contributed by atoms with van der Waals surface area (Å²) >= 11 is 0. The van der Waals surface area contributed by atoms with Crippen LogP contribution in [0.4, 0.5) is 17.1 Å². The Kier molecular flexibility index (Phi) is 7.30. The maximum absolute atomic E-state index is 9.42. The van der Waals surface area contributed by atoms with Gasteiger partial charge < -0.3 is 14.2 Å². The van der Waals surface area contributed by atoms with E-state index in [1.54, 1.807) is 0 Å². The summed E-state index contributed by atoms with van der Waals surface area (Å²) in [5.74, 6) is 1.74. The molecule has 2 aliphatic rings. The third-order valence-electron chi connectivity index (χ3n) is 12.8. The lowest BCUT2D eigenvalue weighted by molar-refractivity contribution is 0.487. The zero-order valence-corrected chi connectivity index (χ0v) is 33.1. The van der Waals surface area contributed by atoms with Crippen molar-refractivity contribution < 1.29 is 4.74 Å². The number of nitrogens with zero attached hydrogens (tertiary/aromatic N) is 3. The van der Waals surface area contributed by atoms with Crippen molar-refractivity contribution in [1.29, 1.82) is 5.26 Å². The third kappa shape index (κ3) is 5.03. The fourth-order valence-electron chi connectivity index (χ4n) is 9.89. The van der Waals surface area contributed by atoms with E-state index in [4.69, 9.17) is 4.74 Å². The van der Waals surface area contributed by atoms with E-state index in [1.807, 2.05) is 24.3 Å². The Balaban J connectivity index is 0.979. The molecule has 0 bridgehead atoms. The average Bonchev–Trinajstić information content (AvgIpc) is 3.74. The second-order valence-electron chi connectivity index (χ2n) is 16.5. The van der Waals surface area contributed by atoms with Gasteiger partial charge in [0.15, 0.2) is 0 Å². The lowest BCUT2D eigenvalue weighted by Gasteiger charge is -2.29. The van der Waals surface area contributed by atoms with Crippen molar-refractivity contribution in [3.8, 4) is 56.6 Å². The van der Waals surface area contributed by atoms with Gasteiger partial charge in [-0.3, -0.25) is 0 Å². The minimum atomic E-state index is -0.138. The lowest BCUT2D eigenvalue weighted by Crippen LogP contribution is -2.16. The molecule has 10 aromatic rings. The van der Waals surface area contributed by atoms with Crippen LogP contribution < -0.4 is 9.64 Å². The van der Waals surface area contributed by atoms with Gasteiger partial charge in [-0.2, -0.15) is 5.26 Å². The van der Waals surface area contributed by atoms with Crippen LogP contribution in [-0.2, 0) is 5.41 Å². The number of aromatic nitrogens is 1. The van der Waals surface area contributed by atoms with Crippen molar-refractivity contribution in [2.24, 2.45) is 0 Å². The topological polar surface area (TPSA) is 41.2 Å². The highest BCUT2D eigenvalue weighted by Crippen LogP contribution is 2.52. The standard InChI is InChI=1S/C56H37N3O/c1-56(2)49-14-5-3-11-43(49)44-28-26-41(32-50(44)56)58(42-27-29-46-47-13-7-9-37-10-8-16-53(55(37)47)60-54(46)33-42)39-24-19-36(20-25-39)38-21-30-52-48(31-38)45-12-4-6-15-51(45)59(52)40-22-17-35(34-57)18-23-40/h3-33H,1-2H3. The van der Waals surface area contributed by atoms with Crippen molar-refractivity contribution in [2.45, 2.75) is 19.3 Å². The van der Waals surface area contributed by atoms with Crippen LogP contribution in [0.2, 0.25) is 0 Å². The number of anilines is 3. The Labute approximate surface area is 348 Å². The van der Waals surface area contributed by atoms with Gasteiger partial charge in [-0.15, -0.1) is 0 Å². The van der Waals surface area contributed by atoms with Gasteiger partial charge in [0.25, 0.3) is 0 Å². The predicted molar refractivity (Wildman–Crippen MR) is 246 cm³/mol. The van der Waals surface area contributed by atoms with E-state index in [2.05, 4.69) is 193 Å². The molecule has 0 fully saturated rings. The molecule has 282 valence electrons. The maximum atomic E-state index is 9.42. The molecule has 0 N–H and O–H groups in total. The first-order valence-electron chi connectivity index (χ1n) is 20.5. The van der Waals surface area contributed by atoms with Crippen molar-refractivity contribution in [3.63, 3.8) is 0 Å². The number of fused-ring (bicyclic) bond motifs is 8. The molecule has 0 saturated heterocycles. The lowest BCUT2D eigenvalue weighted by atomic mass is 9.82. The molecule has 1 aliphatic carbocycles. The van der Waals surface area contributed by atoms with Crippen molar-refractivity contribution >= 4 is 49.6 Å². The van der Waals surface area contributed by atoms with Gasteiger partial charge in [0, 0.05) is 56.0 Å². The van der Waals surface area contributed by atoms with Crippen LogP contribution >= 0.6 is 0 Å². The zero-order chi connectivity index (χ0) is 40.1. The summed E-state index contributed by atoms with van der Waals surface area (Å²) in [5.41, 5.74) is 16.9. The van der Waals surface area contributed by atoms with Gasteiger partial charge in [-0.05, 0) is 129 Å². The average molecular weight is 768 g/mol. The number of nitriles is 1. The number of benzene rings is 9. The first kappa shape index (κ1) is 34.2. The second-order valence-corrected chi connectivity index (χ2v) is 16.5. The quantitative estimate of drug-likeness (QED) is 0.175. The van der Waals surface area contributed by atoms with Crippen LogP contribution in [0.3, 0.4) is 0 Å². The molecule has 9 aromatic carbocycles. The van der Waals surface area contributed by atoms with Crippen LogP contribution in [0, 0.1) is 11.3 Å². The maximum Gasteiger partial charge on any atom is 0.137 e. The number of ether oxygens (including phenoxy) is 1. The van der Waals surface area contributed by atoms with E-state index in [0.29, 0.717) is 5.56 Å². The van der Waals surface area contributed by atoms with Gasteiger partial charge >= 0.3 is 0 Å². The first-order valence-corrected chi connectivity index (χ1v) is 20.5. The summed E-state index contributed by atoms with van der Waals surface area (Å²) in [6.07, 6.45) is 0. The van der Waals surface area contributed by atoms with Crippen LogP contribution in [0.15, 0.2) is 188 Å². The smallest absolute Gasteiger partial charge is 0.137 e. The molecule has 2 heterocycles. The minimum Gasteiger partial charge on any atom is -0.456 e. The van der Waals surface area contributed by atoms with Gasteiger partial charge in [0.05, 0.1) is 22.7 Å². The van der Waals surface area contributed by atoms with Crippen LogP contribution in [0.1, 0.15) is 30.5 Å². The normalized spacial score (nSPS) is 13.1. The molecule has 0 atom stereocenters. The highest BCUT2D eigenvalue weighted by atomic mass is 16.5. The van der Waals surface area contributed by atoms with Gasteiger partial charge in [0.1, 0.15) is 11.5 Å². The van der Waals surface area contributed by atoms with Crippen molar-refractivity contribution in [3.05, 3.63) is 205 Å². The Hall–Kier alpha value is -7.87. The molecule has 4 nitrogen and oxygen atoms in total. The van der Waals surface area contributed by atoms with Crippen LogP contribution in [-0.4, -0.2) is 4.57 Å². The highest BCUT2D eigenvalue weighted by molar-refractivity contribution is 6.10. The van der Waals surface area contributed by atoms with Crippen molar-refractivity contribution in [2.75, 3.05) is 4.90 Å². The SMILES string of the molecule is CC1(C)c2ccccc2-c2ccc(N(c3ccc(-c4ccc5c(c4)c4ccccc4n5-c4ccc(C#N)cc4)cc3)c3ccc4c(c3)Oc3cccc5cccc-4c35)cc21. The number of rotatable bonds is 5. The molecule has 1 aliphatic heterocycles. The van der Waals surface area contributed by atoms with E-state index in [0.717, 1.165) is 67.4 Å². The first-order chi connectivity index (χ1) is 29.4. The summed E-state index contributed by atoms with van der Waals surface area (Å²) in [5, 5.41) is 14.1. The largest absolute Gasteiger partial charge is 0.456 e. The Morgan fingerprint density at radius 1 is 0.500 bits per heavy atom. The fraction of sp³-hybridized carbons (Fsp3) is 0.0536. The van der Waals surface area contributed by atoms with E-state index in [9.17, 15) is 5.26 Å². The molecule has 60 heavy (non-hydrogen) atoms. The predicted octanol–water partition coefficient (Wildman–Crippen LogP) is 15.0. The summed E-state index contributed by atoms with van der Waals surface area (Å²) < 4.78 is 8.99. The fourth-order valence-corrected chi connectivity index (χ4v) is 9.89. The molecule has 0 spiro atoms. The zero-order valence-electron chi connectivity index (χ0n) is 33.1. The molecular weight excluding hydrogens is 731 g/mol. The highest BCUT2D eigenvalue weighted by Gasteiger charge is 2.36. The molecule has 1 aromatic heterocycles. The second kappa shape index (κ2) is 12.8. The summed E-state index contributed by atoms with van der Waals surface area (Å²) in [6.45, 7) is 4.67. The van der Waals surface area contributed by atoms with Crippen LogP contribution in [0.25, 0.3) is 71.6 Å². The summed E-state index contributed by atoms with van der Waals surface area (Å²) in [4.78, 5) is 2.36. The van der Waals surface area contributed by atoms with E-state index in [-0.39, 0.29) is 5.41 Å². The Morgan fingerprint density at radius 3 is 2.00 bits per heavy atom. The number of hydrogen-bond acceptors (Lipinski definition) is 3. The van der Waals surface area contributed by atoms with E-state index in [1.165, 1.54) is 44.0 Å². The molecule has 0 saturated carbocycles. The summed E-state index contributed by atoms with van der Waals surface area (Å²) in [6, 6.07) is 69.5. The number of hydrogen-bond donors (Lipinski definition) is 0. The molecule has 0 radical (unpaired) electrons. The Morgan fingerprint density at radius 2 is 1.17 bits per heavy atom. The molecule has 4 heteroatoms. The summed E-state index contributed by atoms with van der Waals surface area (Å²) in [7, 11) is 0. The molecular formula is C56H37N3O. The van der Waals surface area contributed by atoms with E-state index >= 15 is 0 Å². The molecule has 12 rings (SSSR count). The van der Waals surface area contributed by atoms with Gasteiger partial charge in [0.2, 0.25) is 0 Å². The van der Waals surface area contributed by atoms with Crippen molar-refractivity contribution in [1.82, 2.24) is 4.57 Å².